The third-order valence-corrected chi connectivity index (χ3v) is 5.55. The number of hydrogen-bond acceptors (Lipinski definition) is 4. The number of carbonyl (C=O) groups is 1. The Balaban J connectivity index is 0.000000423. The van der Waals surface area contributed by atoms with Crippen LogP contribution >= 0.6 is 0 Å². The first-order chi connectivity index (χ1) is 15.2. The molecule has 0 unspecified atom stereocenters. The minimum absolute atomic E-state index is 0. The molecular formula is C27H30BIrN2O2-. The van der Waals surface area contributed by atoms with E-state index >= 15 is 0 Å². The van der Waals surface area contributed by atoms with Crippen LogP contribution in [0.1, 0.15) is 64.5 Å². The number of benzene rings is 1. The van der Waals surface area contributed by atoms with Crippen molar-refractivity contribution in [3.63, 3.8) is 0 Å². The molecule has 6 heteroatoms. The zero-order valence-electron chi connectivity index (χ0n) is 20.0. The Kier molecular flexibility index (Phi) is 9.33. The van der Waals surface area contributed by atoms with Crippen LogP contribution in [0.25, 0.3) is 11.3 Å². The average Bonchev–Trinajstić information content (AvgIpc) is 3.07. The molecule has 4 nitrogen and oxygen atoms in total. The summed E-state index contributed by atoms with van der Waals surface area (Å²) in [6.07, 6.45) is 4.88. The van der Waals surface area contributed by atoms with Crippen molar-refractivity contribution >= 4 is 29.0 Å². The van der Waals surface area contributed by atoms with E-state index in [1.807, 2.05) is 24.5 Å². The Morgan fingerprint density at radius 1 is 1.00 bits per heavy atom. The minimum atomic E-state index is -0.125. The van der Waals surface area contributed by atoms with Gasteiger partial charge < -0.3 is 15.1 Å². The molecule has 33 heavy (non-hydrogen) atoms. The first kappa shape index (κ1) is 26.7. The molecule has 0 atom stereocenters. The standard InChI is InChI=1S/C22H22BN2.C5H8O2.Ir/c1-14(2)16-8-5-9-17(15(3)4)20(16)23-19-11-7-12-24-21(19)18-10-6-13-25-22(18)23;1-4(6)3-5(2)7;/h5-9,11-15H,1-4H3;3,6H,1-2H3;/q-1;;/b;4-3-;. The molecule has 0 saturated carbocycles. The normalized spacial score (nSPS) is 12.0. The number of aromatic nitrogens is 2. The molecule has 1 aliphatic heterocycles. The summed E-state index contributed by atoms with van der Waals surface area (Å²) in [6.45, 7) is 12.1. The second-order valence-corrected chi connectivity index (χ2v) is 8.78. The van der Waals surface area contributed by atoms with E-state index < -0.39 is 0 Å². The Morgan fingerprint density at radius 3 is 2.15 bits per heavy atom. The Morgan fingerprint density at radius 2 is 1.64 bits per heavy atom. The van der Waals surface area contributed by atoms with Crippen molar-refractivity contribution in [2.75, 3.05) is 0 Å². The van der Waals surface area contributed by atoms with Crippen LogP contribution in [0.5, 0.6) is 0 Å². The zero-order valence-corrected chi connectivity index (χ0v) is 22.4. The number of allylic oxidation sites excluding steroid dienone is 2. The van der Waals surface area contributed by atoms with Crippen LogP contribution in [0.2, 0.25) is 0 Å². The molecule has 0 amide bonds. The number of nitrogens with zero attached hydrogens (tertiary/aromatic N) is 2. The second-order valence-electron chi connectivity index (χ2n) is 8.78. The van der Waals surface area contributed by atoms with Gasteiger partial charge in [-0.3, -0.25) is 4.79 Å². The van der Waals surface area contributed by atoms with E-state index in [0.717, 1.165) is 16.9 Å². The summed E-state index contributed by atoms with van der Waals surface area (Å²) in [6, 6.07) is 16.2. The van der Waals surface area contributed by atoms with Crippen LogP contribution in [0.3, 0.4) is 0 Å². The Bertz CT molecular complexity index is 1080. The number of pyridine rings is 2. The number of hydrogen-bond donors (Lipinski definition) is 1. The summed E-state index contributed by atoms with van der Waals surface area (Å²) >= 11 is 0. The number of carbonyl (C=O) groups excluding carboxylic acids is 1. The third kappa shape index (κ3) is 5.87. The van der Waals surface area contributed by atoms with E-state index in [-0.39, 0.29) is 38.4 Å². The van der Waals surface area contributed by atoms with Gasteiger partial charge in [-0.15, -0.1) is 17.7 Å². The summed E-state index contributed by atoms with van der Waals surface area (Å²) in [7, 11) is 0. The first-order valence-electron chi connectivity index (χ1n) is 11.0. The predicted molar refractivity (Wildman–Crippen MR) is 133 cm³/mol. The van der Waals surface area contributed by atoms with Gasteiger partial charge in [0.2, 0.25) is 6.71 Å². The zero-order chi connectivity index (χ0) is 23.4. The average molecular weight is 618 g/mol. The van der Waals surface area contributed by atoms with Crippen LogP contribution in [0.15, 0.2) is 60.6 Å². The maximum atomic E-state index is 10.0. The van der Waals surface area contributed by atoms with Crippen molar-refractivity contribution in [2.45, 2.75) is 53.4 Å². The smallest absolute Gasteiger partial charge is 0.204 e. The summed E-state index contributed by atoms with van der Waals surface area (Å²) in [5, 5.41) is 8.36. The minimum Gasteiger partial charge on any atom is -0.512 e. The van der Waals surface area contributed by atoms with Crippen molar-refractivity contribution < 1.29 is 30.0 Å². The van der Waals surface area contributed by atoms with E-state index in [4.69, 9.17) is 10.1 Å². The number of ketones is 1. The van der Waals surface area contributed by atoms with Crippen LogP contribution in [-0.2, 0) is 24.9 Å². The molecule has 3 aromatic rings. The Labute approximate surface area is 211 Å². The van der Waals surface area contributed by atoms with Crippen LogP contribution < -0.4 is 16.5 Å². The van der Waals surface area contributed by atoms with Gasteiger partial charge in [0.05, 0.1) is 5.76 Å². The molecule has 173 valence electrons. The molecule has 0 bridgehead atoms. The molecule has 1 aliphatic rings. The van der Waals surface area contributed by atoms with Gasteiger partial charge in [-0.05, 0) is 37.4 Å². The van der Waals surface area contributed by atoms with Gasteiger partial charge in [-0.2, -0.15) is 0 Å². The number of rotatable bonds is 4. The molecule has 0 fully saturated rings. The summed E-state index contributed by atoms with van der Waals surface area (Å²) in [4.78, 5) is 19.4. The molecule has 4 rings (SSSR count). The monoisotopic (exact) mass is 618 g/mol. The van der Waals surface area contributed by atoms with Gasteiger partial charge in [-0.1, -0.05) is 85.8 Å². The largest absolute Gasteiger partial charge is 0.512 e. The second kappa shape index (κ2) is 11.5. The van der Waals surface area contributed by atoms with E-state index in [9.17, 15) is 4.79 Å². The van der Waals surface area contributed by atoms with Crippen molar-refractivity contribution in [1.82, 2.24) is 9.97 Å². The fourth-order valence-corrected chi connectivity index (χ4v) is 4.32. The summed E-state index contributed by atoms with van der Waals surface area (Å²) < 4.78 is 0. The number of aliphatic hydroxyl groups is 1. The maximum absolute atomic E-state index is 10.0. The maximum Gasteiger partial charge on any atom is 0.204 e. The molecular weight excluding hydrogens is 587 g/mol. The predicted octanol–water partition coefficient (Wildman–Crippen LogP) is 4.05. The molecule has 0 aliphatic carbocycles. The van der Waals surface area contributed by atoms with Gasteiger partial charge in [0.15, 0.2) is 5.78 Å². The molecule has 1 radical (unpaired) electrons. The van der Waals surface area contributed by atoms with Gasteiger partial charge in [0, 0.05) is 32.4 Å². The van der Waals surface area contributed by atoms with E-state index in [0.29, 0.717) is 11.8 Å². The summed E-state index contributed by atoms with van der Waals surface area (Å²) in [5.41, 5.74) is 8.65. The quantitative estimate of drug-likeness (QED) is 0.163. The Hall–Kier alpha value is -2.56. The van der Waals surface area contributed by atoms with Gasteiger partial charge in [0.25, 0.3) is 0 Å². The summed E-state index contributed by atoms with van der Waals surface area (Å²) in [5.74, 6) is 0.864. The number of fused-ring (bicyclic) bond motifs is 3. The van der Waals surface area contributed by atoms with E-state index in [1.54, 1.807) is 0 Å². The number of aliphatic hydroxyl groups excluding tert-OH is 1. The topological polar surface area (TPSA) is 63.1 Å². The SMILES string of the molecule is CC(=O)/C=C(/C)O.CC(C)c1cccc(C(C)C)c1B1c2cccnc2-c2[c-]ccnc21.[Ir]. The van der Waals surface area contributed by atoms with Crippen molar-refractivity contribution in [2.24, 2.45) is 0 Å². The van der Waals surface area contributed by atoms with Gasteiger partial charge in [0.1, 0.15) is 0 Å². The molecule has 1 aromatic carbocycles. The van der Waals surface area contributed by atoms with E-state index in [1.165, 1.54) is 42.0 Å². The van der Waals surface area contributed by atoms with Crippen molar-refractivity contribution in [3.05, 3.63) is 77.8 Å². The fraction of sp³-hybridized carbons (Fsp3) is 0.296. The van der Waals surface area contributed by atoms with E-state index in [2.05, 4.69) is 63.0 Å². The van der Waals surface area contributed by atoms with Gasteiger partial charge >= 0.3 is 0 Å². The molecule has 2 aromatic heterocycles. The molecule has 0 spiro atoms. The van der Waals surface area contributed by atoms with Crippen LogP contribution in [0, 0.1) is 6.07 Å². The van der Waals surface area contributed by atoms with Crippen LogP contribution in [-0.4, -0.2) is 27.6 Å². The molecule has 0 saturated heterocycles. The molecule has 1 N–H and O–H groups in total. The fourth-order valence-electron chi connectivity index (χ4n) is 4.32. The van der Waals surface area contributed by atoms with Crippen LogP contribution in [0.4, 0.5) is 0 Å². The first-order valence-corrected chi connectivity index (χ1v) is 11.0. The third-order valence-electron chi connectivity index (χ3n) is 5.55. The van der Waals surface area contributed by atoms with Gasteiger partial charge in [-0.25, -0.2) is 0 Å². The van der Waals surface area contributed by atoms with Crippen molar-refractivity contribution in [3.8, 4) is 11.3 Å². The molecule has 3 heterocycles. The van der Waals surface area contributed by atoms with Crippen molar-refractivity contribution in [1.29, 1.82) is 0 Å².